The molecule has 4 aliphatic rings. The van der Waals surface area contributed by atoms with E-state index in [4.69, 9.17) is 11.2 Å². The van der Waals surface area contributed by atoms with Gasteiger partial charge in [0, 0.05) is 13.0 Å². The molecule has 0 N–H and O–H groups in total. The van der Waals surface area contributed by atoms with Crippen LogP contribution in [-0.2, 0) is 11.2 Å². The van der Waals surface area contributed by atoms with Crippen molar-refractivity contribution in [2.24, 2.45) is 5.41 Å². The molecule has 33 heavy (non-hydrogen) atoms. The molecule has 0 radical (unpaired) electrons. The van der Waals surface area contributed by atoms with Crippen LogP contribution in [0.25, 0.3) is 0 Å². The largest absolute Gasteiger partial charge is 0.481 e. The van der Waals surface area contributed by atoms with Crippen molar-refractivity contribution in [2.45, 2.75) is 44.6 Å². The molecular weight excluding hydrogens is 415 g/mol. The average molecular weight is 447 g/mol. The number of terminal acetylenes is 1. The number of piperidine rings is 3. The van der Waals surface area contributed by atoms with E-state index in [2.05, 4.69) is 10.8 Å². The van der Waals surface area contributed by atoms with Gasteiger partial charge in [0.1, 0.15) is 18.2 Å². The Hall–Kier alpha value is -2.84. The molecule has 2 aromatic rings. The first kappa shape index (κ1) is 22.0. The van der Waals surface area contributed by atoms with Gasteiger partial charge >= 0.3 is 0 Å². The summed E-state index contributed by atoms with van der Waals surface area (Å²) in [5.41, 5.74) is 3.51. The number of hydrogen-bond donors (Lipinski definition) is 0. The number of amides is 1. The minimum absolute atomic E-state index is 0.199. The Bertz CT molecular complexity index is 1040. The van der Waals surface area contributed by atoms with Crippen LogP contribution in [0.5, 0.6) is 5.75 Å². The third-order valence-corrected chi connectivity index (χ3v) is 7.92. The summed E-state index contributed by atoms with van der Waals surface area (Å²) in [6, 6.07) is 12.3. The summed E-state index contributed by atoms with van der Waals surface area (Å²) in [4.78, 5) is 18.1. The van der Waals surface area contributed by atoms with E-state index < -0.39 is 0 Å². The van der Waals surface area contributed by atoms with Crippen LogP contribution in [0.1, 0.15) is 54.8 Å². The zero-order valence-corrected chi connectivity index (χ0v) is 19.1. The fraction of sp³-hybridized carbons (Fsp3) is 0.464. The van der Waals surface area contributed by atoms with E-state index >= 15 is 0 Å². The fourth-order valence-corrected chi connectivity index (χ4v) is 5.88. The lowest BCUT2D eigenvalue weighted by Crippen LogP contribution is -2.48. The zero-order valence-electron chi connectivity index (χ0n) is 19.1. The number of ether oxygens (including phenoxy) is 1. The van der Waals surface area contributed by atoms with E-state index in [1.54, 1.807) is 12.1 Å². The van der Waals surface area contributed by atoms with Gasteiger partial charge in [-0.15, -0.1) is 6.42 Å². The molecule has 4 aliphatic heterocycles. The molecule has 3 fully saturated rings. The quantitative estimate of drug-likeness (QED) is 0.609. The lowest BCUT2D eigenvalue weighted by molar-refractivity contribution is -0.134. The van der Waals surface area contributed by atoms with Crippen molar-refractivity contribution in [2.75, 3.05) is 32.8 Å². The van der Waals surface area contributed by atoms with Gasteiger partial charge < -0.3 is 14.5 Å². The normalized spacial score (nSPS) is 25.9. The van der Waals surface area contributed by atoms with E-state index in [0.717, 1.165) is 35.3 Å². The molecule has 6 rings (SSSR count). The Morgan fingerprint density at radius 2 is 1.82 bits per heavy atom. The molecule has 0 spiro atoms. The van der Waals surface area contributed by atoms with Crippen molar-refractivity contribution in [1.82, 2.24) is 9.80 Å². The minimum atomic E-state index is -0.270. The van der Waals surface area contributed by atoms with Crippen molar-refractivity contribution >= 4 is 5.91 Å². The number of carbonyl (C=O) groups is 1. The van der Waals surface area contributed by atoms with Crippen LogP contribution in [0.15, 0.2) is 42.5 Å². The fourth-order valence-electron chi connectivity index (χ4n) is 5.88. The van der Waals surface area contributed by atoms with Gasteiger partial charge in [0.15, 0.2) is 0 Å². The van der Waals surface area contributed by atoms with E-state index in [1.165, 1.54) is 51.0 Å². The third kappa shape index (κ3) is 4.50. The highest BCUT2D eigenvalue weighted by atomic mass is 19.1. The van der Waals surface area contributed by atoms with Gasteiger partial charge in [-0.1, -0.05) is 24.1 Å². The molecule has 3 saturated heterocycles. The molecule has 2 bridgehead atoms. The number of benzene rings is 2. The Morgan fingerprint density at radius 3 is 2.52 bits per heavy atom. The van der Waals surface area contributed by atoms with Gasteiger partial charge in [-0.3, -0.25) is 4.79 Å². The smallest absolute Gasteiger partial charge is 0.223 e. The van der Waals surface area contributed by atoms with Crippen LogP contribution in [0, 0.1) is 23.6 Å². The number of nitrogens with zero attached hydrogens (tertiary/aromatic N) is 2. The molecule has 1 atom stereocenters. The monoisotopic (exact) mass is 446 g/mol. The van der Waals surface area contributed by atoms with Crippen molar-refractivity contribution < 1.29 is 13.9 Å². The Labute approximate surface area is 195 Å². The van der Waals surface area contributed by atoms with Crippen molar-refractivity contribution in [3.63, 3.8) is 0 Å². The summed E-state index contributed by atoms with van der Waals surface area (Å²) >= 11 is 0. The second-order valence-electron chi connectivity index (χ2n) is 9.74. The number of fused-ring (bicyclic) bond motifs is 4. The lowest BCUT2D eigenvalue weighted by atomic mass is 9.69. The highest BCUT2D eigenvalue weighted by molar-refractivity contribution is 5.78. The molecule has 172 valence electrons. The van der Waals surface area contributed by atoms with E-state index in [-0.39, 0.29) is 24.4 Å². The summed E-state index contributed by atoms with van der Waals surface area (Å²) in [5.74, 6) is 3.17. The molecule has 0 unspecified atom stereocenters. The Balaban J connectivity index is 1.39. The number of rotatable bonds is 6. The maximum Gasteiger partial charge on any atom is 0.223 e. The average Bonchev–Trinajstić information content (AvgIpc) is 2.87. The summed E-state index contributed by atoms with van der Waals surface area (Å²) in [6.07, 6.45) is 11.3. The summed E-state index contributed by atoms with van der Waals surface area (Å²) in [7, 11) is 0. The second kappa shape index (κ2) is 9.19. The highest BCUT2D eigenvalue weighted by Crippen LogP contribution is 2.44. The molecule has 4 heterocycles. The van der Waals surface area contributed by atoms with Gasteiger partial charge in [-0.25, -0.2) is 4.39 Å². The maximum absolute atomic E-state index is 13.7. The Morgan fingerprint density at radius 1 is 1.09 bits per heavy atom. The van der Waals surface area contributed by atoms with Gasteiger partial charge in [0.2, 0.25) is 5.91 Å². The minimum Gasteiger partial charge on any atom is -0.481 e. The molecule has 0 aromatic heterocycles. The van der Waals surface area contributed by atoms with Crippen molar-refractivity contribution in [3.8, 4) is 18.1 Å². The zero-order chi connectivity index (χ0) is 22.8. The van der Waals surface area contributed by atoms with Gasteiger partial charge in [0.25, 0.3) is 0 Å². The molecule has 4 nitrogen and oxygen atoms in total. The van der Waals surface area contributed by atoms with Gasteiger partial charge in [-0.05, 0) is 98.1 Å². The first-order chi connectivity index (χ1) is 16.1. The molecule has 5 heteroatoms. The van der Waals surface area contributed by atoms with Crippen molar-refractivity contribution in [3.05, 3.63) is 65.0 Å². The highest BCUT2D eigenvalue weighted by Gasteiger charge is 2.40. The Kier molecular flexibility index (Phi) is 6.12. The number of hydrogen-bond acceptors (Lipinski definition) is 3. The van der Waals surface area contributed by atoms with E-state index in [1.807, 2.05) is 23.1 Å². The predicted octanol–water partition coefficient (Wildman–Crippen LogP) is 4.58. The topological polar surface area (TPSA) is 32.8 Å². The SMILES string of the molecule is C#CCOc1ccc2c(c1)CCN(C(=O)CCC13CCN(CC1)CC3)[C@@H]2c1ccc(F)cc1. The van der Waals surface area contributed by atoms with E-state index in [0.29, 0.717) is 18.4 Å². The number of halogens is 1. The maximum atomic E-state index is 13.7. The van der Waals surface area contributed by atoms with Gasteiger partial charge in [0.05, 0.1) is 6.04 Å². The first-order valence-corrected chi connectivity index (χ1v) is 12.0. The second-order valence-corrected chi connectivity index (χ2v) is 9.74. The predicted molar refractivity (Wildman–Crippen MR) is 126 cm³/mol. The van der Waals surface area contributed by atoms with Gasteiger partial charge in [-0.2, -0.15) is 0 Å². The van der Waals surface area contributed by atoms with Crippen molar-refractivity contribution in [1.29, 1.82) is 0 Å². The molecule has 1 amide bonds. The van der Waals surface area contributed by atoms with Crippen LogP contribution in [-0.4, -0.2) is 48.5 Å². The molecule has 2 aromatic carbocycles. The summed E-state index contributed by atoms with van der Waals surface area (Å²) in [5, 5.41) is 0. The van der Waals surface area contributed by atoms with Crippen LogP contribution in [0.3, 0.4) is 0 Å². The molecule has 0 aliphatic carbocycles. The van der Waals surface area contributed by atoms with Crippen LogP contribution in [0.2, 0.25) is 0 Å². The van der Waals surface area contributed by atoms with Crippen LogP contribution >= 0.6 is 0 Å². The molecular formula is C28H31FN2O2. The number of carbonyl (C=O) groups excluding carboxylic acids is 1. The summed E-state index contributed by atoms with van der Waals surface area (Å²) in [6.45, 7) is 4.40. The van der Waals surface area contributed by atoms with E-state index in [9.17, 15) is 9.18 Å². The molecule has 0 saturated carbocycles. The lowest BCUT2D eigenvalue weighted by Gasteiger charge is -2.49. The third-order valence-electron chi connectivity index (χ3n) is 7.92. The first-order valence-electron chi connectivity index (χ1n) is 12.0. The van der Waals surface area contributed by atoms with Crippen LogP contribution < -0.4 is 4.74 Å². The standard InChI is InChI=1S/C28H31FN2O2/c1-2-19-33-24-7-8-25-22(20-24)10-15-31(27(25)21-3-5-23(29)6-4-21)26(32)9-11-28-12-16-30(17-13-28)18-14-28/h1,3-8,20,27H,9-19H2/t27-/m1/s1. The summed E-state index contributed by atoms with van der Waals surface area (Å²) < 4.78 is 19.3. The van der Waals surface area contributed by atoms with Crippen LogP contribution in [0.4, 0.5) is 4.39 Å².